The number of nitrogen functional groups attached to an aromatic ring is 1. The Bertz CT molecular complexity index is 402. The standard InChI is InChI=1S/C10H15N5O/c1-6-4-13-10(11)15-9(6)12-5-8(16)14-7-2-3-7/h4,7H,2-3,5H2,1H3,(H,14,16)(H3,11,12,13,15). The molecule has 16 heavy (non-hydrogen) atoms. The minimum absolute atomic E-state index is 0.0147. The molecule has 86 valence electrons. The summed E-state index contributed by atoms with van der Waals surface area (Å²) in [5.74, 6) is 0.799. The first kappa shape index (κ1) is 10.7. The lowest BCUT2D eigenvalue weighted by Crippen LogP contribution is -2.31. The molecule has 1 heterocycles. The van der Waals surface area contributed by atoms with Gasteiger partial charge in [0.1, 0.15) is 5.82 Å². The van der Waals surface area contributed by atoms with Gasteiger partial charge in [-0.05, 0) is 19.8 Å². The topological polar surface area (TPSA) is 92.9 Å². The van der Waals surface area contributed by atoms with Gasteiger partial charge in [0.05, 0.1) is 6.54 Å². The van der Waals surface area contributed by atoms with Crippen LogP contribution < -0.4 is 16.4 Å². The Morgan fingerprint density at radius 3 is 3.06 bits per heavy atom. The van der Waals surface area contributed by atoms with E-state index < -0.39 is 0 Å². The van der Waals surface area contributed by atoms with Gasteiger partial charge >= 0.3 is 0 Å². The molecule has 0 unspecified atom stereocenters. The summed E-state index contributed by atoms with van der Waals surface area (Å²) in [7, 11) is 0. The van der Waals surface area contributed by atoms with Gasteiger partial charge in [-0.3, -0.25) is 4.79 Å². The smallest absolute Gasteiger partial charge is 0.239 e. The summed E-state index contributed by atoms with van der Waals surface area (Å²) in [6.07, 6.45) is 3.81. The van der Waals surface area contributed by atoms with E-state index in [-0.39, 0.29) is 18.4 Å². The minimum atomic E-state index is -0.0147. The fraction of sp³-hybridized carbons (Fsp3) is 0.500. The Morgan fingerprint density at radius 2 is 2.38 bits per heavy atom. The van der Waals surface area contributed by atoms with E-state index in [1.807, 2.05) is 6.92 Å². The maximum atomic E-state index is 11.4. The number of nitrogens with one attached hydrogen (secondary N) is 2. The molecule has 1 amide bonds. The first-order valence-corrected chi connectivity index (χ1v) is 5.27. The number of aromatic nitrogens is 2. The lowest BCUT2D eigenvalue weighted by atomic mass is 10.3. The van der Waals surface area contributed by atoms with Gasteiger partial charge < -0.3 is 16.4 Å². The minimum Gasteiger partial charge on any atom is -0.368 e. The van der Waals surface area contributed by atoms with E-state index in [9.17, 15) is 4.79 Å². The van der Waals surface area contributed by atoms with Crippen LogP contribution in [0.5, 0.6) is 0 Å². The van der Waals surface area contributed by atoms with Crippen molar-refractivity contribution in [2.75, 3.05) is 17.6 Å². The quantitative estimate of drug-likeness (QED) is 0.668. The summed E-state index contributed by atoms with van der Waals surface area (Å²) in [5.41, 5.74) is 6.33. The number of hydrogen-bond donors (Lipinski definition) is 3. The molecule has 1 aliphatic rings. The molecular formula is C10H15N5O. The highest BCUT2D eigenvalue weighted by molar-refractivity contribution is 5.81. The Morgan fingerprint density at radius 1 is 1.62 bits per heavy atom. The highest BCUT2D eigenvalue weighted by Crippen LogP contribution is 2.18. The summed E-state index contributed by atoms with van der Waals surface area (Å²) in [5, 5.41) is 5.83. The molecule has 0 aliphatic heterocycles. The summed E-state index contributed by atoms with van der Waals surface area (Å²) in [4.78, 5) is 19.3. The van der Waals surface area contributed by atoms with Crippen molar-refractivity contribution in [1.82, 2.24) is 15.3 Å². The van der Waals surface area contributed by atoms with E-state index in [1.54, 1.807) is 6.20 Å². The van der Waals surface area contributed by atoms with Gasteiger partial charge in [0, 0.05) is 17.8 Å². The monoisotopic (exact) mass is 221 g/mol. The third-order valence-electron chi connectivity index (χ3n) is 2.35. The summed E-state index contributed by atoms with van der Waals surface area (Å²) >= 11 is 0. The van der Waals surface area contributed by atoms with Crippen LogP contribution in [0.3, 0.4) is 0 Å². The van der Waals surface area contributed by atoms with E-state index in [0.717, 1.165) is 18.4 Å². The average Bonchev–Trinajstić information content (AvgIpc) is 3.03. The molecule has 0 radical (unpaired) electrons. The third-order valence-corrected chi connectivity index (χ3v) is 2.35. The fourth-order valence-corrected chi connectivity index (χ4v) is 1.31. The fourth-order valence-electron chi connectivity index (χ4n) is 1.31. The van der Waals surface area contributed by atoms with Crippen molar-refractivity contribution in [3.8, 4) is 0 Å². The largest absolute Gasteiger partial charge is 0.368 e. The van der Waals surface area contributed by atoms with Crippen molar-refractivity contribution in [2.24, 2.45) is 0 Å². The van der Waals surface area contributed by atoms with Crippen LogP contribution in [-0.2, 0) is 4.79 Å². The van der Waals surface area contributed by atoms with E-state index in [2.05, 4.69) is 20.6 Å². The maximum Gasteiger partial charge on any atom is 0.239 e. The normalized spacial score (nSPS) is 14.6. The molecule has 1 saturated carbocycles. The molecule has 1 aromatic heterocycles. The van der Waals surface area contributed by atoms with Crippen molar-refractivity contribution in [1.29, 1.82) is 0 Å². The lowest BCUT2D eigenvalue weighted by Gasteiger charge is -2.08. The predicted octanol–water partition coefficient (Wildman–Crippen LogP) is 0.0577. The number of aryl methyl sites for hydroxylation is 1. The van der Waals surface area contributed by atoms with Crippen LogP contribution in [0, 0.1) is 6.92 Å². The first-order chi connectivity index (χ1) is 7.65. The number of rotatable bonds is 4. The Labute approximate surface area is 93.7 Å². The predicted molar refractivity (Wildman–Crippen MR) is 60.8 cm³/mol. The van der Waals surface area contributed by atoms with Crippen LogP contribution in [0.1, 0.15) is 18.4 Å². The Balaban J connectivity index is 1.87. The number of anilines is 2. The molecule has 0 aromatic carbocycles. The van der Waals surface area contributed by atoms with Gasteiger partial charge in [0.25, 0.3) is 0 Å². The molecule has 0 atom stereocenters. The lowest BCUT2D eigenvalue weighted by molar-refractivity contribution is -0.119. The molecule has 4 N–H and O–H groups in total. The maximum absolute atomic E-state index is 11.4. The number of carbonyl (C=O) groups is 1. The summed E-state index contributed by atoms with van der Waals surface area (Å²) in [6.45, 7) is 2.08. The van der Waals surface area contributed by atoms with Crippen LogP contribution in [0.15, 0.2) is 6.20 Å². The zero-order valence-corrected chi connectivity index (χ0v) is 9.16. The number of carbonyl (C=O) groups excluding carboxylic acids is 1. The Kier molecular flexibility index (Phi) is 2.89. The third kappa shape index (κ3) is 2.82. The van der Waals surface area contributed by atoms with Gasteiger partial charge in [-0.15, -0.1) is 0 Å². The second-order valence-electron chi connectivity index (χ2n) is 3.96. The van der Waals surface area contributed by atoms with Crippen LogP contribution in [0.2, 0.25) is 0 Å². The summed E-state index contributed by atoms with van der Waals surface area (Å²) in [6, 6.07) is 0.380. The van der Waals surface area contributed by atoms with E-state index >= 15 is 0 Å². The van der Waals surface area contributed by atoms with Crippen molar-refractivity contribution >= 4 is 17.7 Å². The van der Waals surface area contributed by atoms with Crippen molar-refractivity contribution in [3.63, 3.8) is 0 Å². The van der Waals surface area contributed by atoms with Crippen LogP contribution in [0.25, 0.3) is 0 Å². The number of hydrogen-bond acceptors (Lipinski definition) is 5. The van der Waals surface area contributed by atoms with Gasteiger partial charge in [-0.2, -0.15) is 4.98 Å². The SMILES string of the molecule is Cc1cnc(N)nc1NCC(=O)NC1CC1. The number of amides is 1. The highest BCUT2D eigenvalue weighted by Gasteiger charge is 2.22. The zero-order valence-electron chi connectivity index (χ0n) is 9.16. The van der Waals surface area contributed by atoms with Crippen molar-refractivity contribution in [2.45, 2.75) is 25.8 Å². The number of nitrogens with two attached hydrogens (primary N) is 1. The molecule has 1 aromatic rings. The van der Waals surface area contributed by atoms with E-state index in [0.29, 0.717) is 11.9 Å². The Hall–Kier alpha value is -1.85. The van der Waals surface area contributed by atoms with Gasteiger partial charge in [0.15, 0.2) is 0 Å². The van der Waals surface area contributed by atoms with Crippen LogP contribution >= 0.6 is 0 Å². The molecule has 0 saturated heterocycles. The van der Waals surface area contributed by atoms with E-state index in [4.69, 9.17) is 5.73 Å². The second kappa shape index (κ2) is 4.34. The van der Waals surface area contributed by atoms with Crippen LogP contribution in [-0.4, -0.2) is 28.5 Å². The molecular weight excluding hydrogens is 206 g/mol. The van der Waals surface area contributed by atoms with Crippen molar-refractivity contribution < 1.29 is 4.79 Å². The van der Waals surface area contributed by atoms with Crippen LogP contribution in [0.4, 0.5) is 11.8 Å². The van der Waals surface area contributed by atoms with Crippen molar-refractivity contribution in [3.05, 3.63) is 11.8 Å². The average molecular weight is 221 g/mol. The number of nitrogens with zero attached hydrogens (tertiary/aromatic N) is 2. The molecule has 1 aliphatic carbocycles. The molecule has 1 fully saturated rings. The van der Waals surface area contributed by atoms with Gasteiger partial charge in [-0.1, -0.05) is 0 Å². The van der Waals surface area contributed by atoms with Gasteiger partial charge in [-0.25, -0.2) is 4.98 Å². The molecule has 6 heteroatoms. The molecule has 2 rings (SSSR count). The molecule has 0 spiro atoms. The molecule has 6 nitrogen and oxygen atoms in total. The second-order valence-corrected chi connectivity index (χ2v) is 3.96. The highest BCUT2D eigenvalue weighted by atomic mass is 16.2. The van der Waals surface area contributed by atoms with Gasteiger partial charge in [0.2, 0.25) is 11.9 Å². The summed E-state index contributed by atoms with van der Waals surface area (Å²) < 4.78 is 0. The zero-order chi connectivity index (χ0) is 11.5. The molecule has 0 bridgehead atoms. The van der Waals surface area contributed by atoms with E-state index in [1.165, 1.54) is 0 Å². The first-order valence-electron chi connectivity index (χ1n) is 5.27.